The number of carbonyl (C=O) groups excluding carboxylic acids is 1. The largest absolute Gasteiger partial charge is 0.298 e. The third-order valence-corrected chi connectivity index (χ3v) is 5.69. The number of fused-ring (bicyclic) bond motifs is 2. The summed E-state index contributed by atoms with van der Waals surface area (Å²) in [6.45, 7) is 0. The van der Waals surface area contributed by atoms with E-state index in [0.29, 0.717) is 5.56 Å². The quantitative estimate of drug-likeness (QED) is 0.211. The van der Waals surface area contributed by atoms with E-state index in [1.807, 2.05) is 12.1 Å². The molecule has 0 heterocycles. The predicted octanol–water partition coefficient (Wildman–Crippen LogP) is 8.15. The van der Waals surface area contributed by atoms with E-state index in [4.69, 9.17) is 0 Å². The molecule has 5 aromatic carbocycles. The number of rotatable bonds is 5. The number of hydrogen-bond acceptors (Lipinski definition) is 1. The number of hydrogen-bond donors (Lipinski definition) is 0. The molecule has 0 bridgehead atoms. The average molecular weight is 411 g/mol. The van der Waals surface area contributed by atoms with E-state index in [2.05, 4.69) is 115 Å². The number of aldehydes is 1. The maximum Gasteiger partial charge on any atom is 0.150 e. The van der Waals surface area contributed by atoms with Crippen molar-refractivity contribution in [3.63, 3.8) is 0 Å². The van der Waals surface area contributed by atoms with Crippen LogP contribution in [0.3, 0.4) is 0 Å². The molecule has 0 spiro atoms. The van der Waals surface area contributed by atoms with Crippen molar-refractivity contribution in [2.45, 2.75) is 0 Å². The Morgan fingerprint density at radius 2 is 0.875 bits per heavy atom. The molecule has 0 saturated heterocycles. The Balaban J connectivity index is 1.49. The van der Waals surface area contributed by atoms with Crippen LogP contribution in [-0.2, 0) is 0 Å². The van der Waals surface area contributed by atoms with Gasteiger partial charge in [-0.3, -0.25) is 4.79 Å². The maximum atomic E-state index is 11.6. The normalized spacial score (nSPS) is 11.6. The van der Waals surface area contributed by atoms with Crippen LogP contribution < -0.4 is 0 Å². The molecule has 5 aromatic rings. The van der Waals surface area contributed by atoms with Gasteiger partial charge in [-0.15, -0.1) is 0 Å². The minimum atomic E-state index is 0.669. The Morgan fingerprint density at radius 3 is 1.38 bits per heavy atom. The third kappa shape index (κ3) is 4.14. The molecule has 152 valence electrons. The summed E-state index contributed by atoms with van der Waals surface area (Å²) < 4.78 is 0. The lowest BCUT2D eigenvalue weighted by Crippen LogP contribution is -1.85. The molecule has 0 amide bonds. The van der Waals surface area contributed by atoms with Gasteiger partial charge in [0.05, 0.1) is 0 Å². The van der Waals surface area contributed by atoms with Gasteiger partial charge in [-0.25, -0.2) is 0 Å². The van der Waals surface area contributed by atoms with Crippen LogP contribution in [0.15, 0.2) is 103 Å². The Bertz CT molecular complexity index is 1370. The second-order valence-corrected chi connectivity index (χ2v) is 7.85. The Kier molecular flexibility index (Phi) is 5.47. The zero-order valence-electron chi connectivity index (χ0n) is 17.6. The van der Waals surface area contributed by atoms with Gasteiger partial charge >= 0.3 is 0 Å². The first-order chi connectivity index (χ1) is 15.8. The summed E-state index contributed by atoms with van der Waals surface area (Å²) in [7, 11) is 0. The molecule has 0 unspecified atom stereocenters. The van der Waals surface area contributed by atoms with Gasteiger partial charge in [0.25, 0.3) is 0 Å². The highest BCUT2D eigenvalue weighted by Gasteiger charge is 2.01. The van der Waals surface area contributed by atoms with Crippen molar-refractivity contribution in [2.24, 2.45) is 0 Å². The first kappa shape index (κ1) is 19.7. The fourth-order valence-electron chi connectivity index (χ4n) is 4.13. The highest BCUT2D eigenvalue weighted by molar-refractivity contribution is 5.94. The van der Waals surface area contributed by atoms with E-state index < -0.39 is 0 Å². The van der Waals surface area contributed by atoms with E-state index in [-0.39, 0.29) is 0 Å². The molecular formula is C31H22O. The molecule has 0 fully saturated rings. The Labute approximate surface area is 188 Å². The van der Waals surface area contributed by atoms with Crippen molar-refractivity contribution >= 4 is 52.1 Å². The summed E-state index contributed by atoms with van der Waals surface area (Å²) in [5.74, 6) is 0. The summed E-state index contributed by atoms with van der Waals surface area (Å²) >= 11 is 0. The lowest BCUT2D eigenvalue weighted by Gasteiger charge is -2.04. The van der Waals surface area contributed by atoms with E-state index in [1.54, 1.807) is 0 Å². The van der Waals surface area contributed by atoms with Crippen molar-refractivity contribution in [3.8, 4) is 0 Å². The van der Waals surface area contributed by atoms with Gasteiger partial charge in [0.2, 0.25) is 0 Å². The second-order valence-electron chi connectivity index (χ2n) is 7.85. The van der Waals surface area contributed by atoms with E-state index in [9.17, 15) is 4.79 Å². The van der Waals surface area contributed by atoms with Crippen molar-refractivity contribution in [2.75, 3.05) is 0 Å². The molecule has 0 N–H and O–H groups in total. The molecule has 0 aliphatic carbocycles. The number of carbonyl (C=O) groups is 1. The summed E-state index contributed by atoms with van der Waals surface area (Å²) in [6, 6.07) is 35.3. The monoisotopic (exact) mass is 410 g/mol. The third-order valence-electron chi connectivity index (χ3n) is 5.69. The standard InChI is InChI=1S/C31H22O/c32-22-25-20-23(15-17-28-11-5-9-26-7-1-3-13-30(26)28)19-24(21-25)16-18-29-12-6-10-27-8-2-4-14-31(27)29/h1-22H. The van der Waals surface area contributed by atoms with Crippen LogP contribution in [0, 0.1) is 0 Å². The highest BCUT2D eigenvalue weighted by atomic mass is 16.1. The Morgan fingerprint density at radius 1 is 0.438 bits per heavy atom. The lowest BCUT2D eigenvalue weighted by atomic mass is 10.0. The first-order valence-electron chi connectivity index (χ1n) is 10.7. The van der Waals surface area contributed by atoms with E-state index in [1.165, 1.54) is 21.5 Å². The topological polar surface area (TPSA) is 17.1 Å². The zero-order valence-corrected chi connectivity index (χ0v) is 17.6. The van der Waals surface area contributed by atoms with Gasteiger partial charge in [0.15, 0.2) is 0 Å². The van der Waals surface area contributed by atoms with Crippen molar-refractivity contribution in [1.82, 2.24) is 0 Å². The zero-order chi connectivity index (χ0) is 21.8. The minimum Gasteiger partial charge on any atom is -0.298 e. The predicted molar refractivity (Wildman–Crippen MR) is 138 cm³/mol. The molecular weight excluding hydrogens is 388 g/mol. The highest BCUT2D eigenvalue weighted by Crippen LogP contribution is 2.23. The van der Waals surface area contributed by atoms with Gasteiger partial charge in [-0.1, -0.05) is 109 Å². The van der Waals surface area contributed by atoms with E-state index in [0.717, 1.165) is 28.5 Å². The minimum absolute atomic E-state index is 0.669. The van der Waals surface area contributed by atoms with Gasteiger partial charge in [0.1, 0.15) is 6.29 Å². The summed E-state index contributed by atoms with van der Waals surface area (Å²) in [5.41, 5.74) is 4.99. The summed E-state index contributed by atoms with van der Waals surface area (Å²) in [5, 5.41) is 4.87. The van der Waals surface area contributed by atoms with Gasteiger partial charge in [-0.2, -0.15) is 0 Å². The lowest BCUT2D eigenvalue weighted by molar-refractivity contribution is 0.112. The van der Waals surface area contributed by atoms with Crippen LogP contribution in [-0.4, -0.2) is 6.29 Å². The first-order valence-corrected chi connectivity index (χ1v) is 10.7. The van der Waals surface area contributed by atoms with Crippen molar-refractivity contribution < 1.29 is 4.79 Å². The van der Waals surface area contributed by atoms with Crippen LogP contribution in [0.25, 0.3) is 45.8 Å². The van der Waals surface area contributed by atoms with Crippen molar-refractivity contribution in [3.05, 3.63) is 131 Å². The number of benzene rings is 5. The van der Waals surface area contributed by atoms with Gasteiger partial charge in [-0.05, 0) is 62.0 Å². The fraction of sp³-hybridized carbons (Fsp3) is 0. The molecule has 0 radical (unpaired) electrons. The molecule has 0 aliphatic rings. The smallest absolute Gasteiger partial charge is 0.150 e. The van der Waals surface area contributed by atoms with Crippen LogP contribution in [0.5, 0.6) is 0 Å². The summed E-state index contributed by atoms with van der Waals surface area (Å²) in [6.07, 6.45) is 9.29. The van der Waals surface area contributed by atoms with Gasteiger partial charge in [0, 0.05) is 5.56 Å². The molecule has 1 nitrogen and oxygen atoms in total. The van der Waals surface area contributed by atoms with Crippen LogP contribution in [0.4, 0.5) is 0 Å². The molecule has 0 atom stereocenters. The molecule has 32 heavy (non-hydrogen) atoms. The summed E-state index contributed by atoms with van der Waals surface area (Å²) in [4.78, 5) is 11.6. The maximum absolute atomic E-state index is 11.6. The average Bonchev–Trinajstić information content (AvgIpc) is 2.86. The van der Waals surface area contributed by atoms with Crippen LogP contribution in [0.1, 0.15) is 32.6 Å². The molecule has 1 heteroatoms. The fourth-order valence-corrected chi connectivity index (χ4v) is 4.13. The SMILES string of the molecule is O=Cc1cc(C=Cc2cccc3ccccc23)cc(C=Cc2cccc3ccccc23)c1. The Hall–Kier alpha value is -4.23. The second kappa shape index (κ2) is 8.87. The molecule has 0 aliphatic heterocycles. The van der Waals surface area contributed by atoms with Gasteiger partial charge < -0.3 is 0 Å². The molecule has 5 rings (SSSR count). The molecule has 0 saturated carbocycles. The van der Waals surface area contributed by atoms with Crippen LogP contribution >= 0.6 is 0 Å². The van der Waals surface area contributed by atoms with E-state index >= 15 is 0 Å². The molecule has 0 aromatic heterocycles. The van der Waals surface area contributed by atoms with Crippen LogP contribution in [0.2, 0.25) is 0 Å². The van der Waals surface area contributed by atoms with Crippen molar-refractivity contribution in [1.29, 1.82) is 0 Å².